The number of methoxy groups -OCH3 is 2. The smallest absolute Gasteiger partial charge is 0.257 e. The lowest BCUT2D eigenvalue weighted by molar-refractivity contribution is -0.136. The molecule has 38 heavy (non-hydrogen) atoms. The van der Waals surface area contributed by atoms with Gasteiger partial charge in [-0.05, 0) is 66.3 Å². The van der Waals surface area contributed by atoms with Gasteiger partial charge in [-0.15, -0.1) is 0 Å². The number of rotatable bonds is 6. The minimum Gasteiger partial charge on any atom is -0.497 e. The van der Waals surface area contributed by atoms with Crippen LogP contribution >= 0.6 is 0 Å². The maximum absolute atomic E-state index is 13.8. The first-order valence-corrected chi connectivity index (χ1v) is 13.3. The van der Waals surface area contributed by atoms with Crippen molar-refractivity contribution < 1.29 is 19.1 Å². The third kappa shape index (κ3) is 5.45. The van der Waals surface area contributed by atoms with Crippen molar-refractivity contribution in [2.45, 2.75) is 32.2 Å². The molecule has 2 fully saturated rings. The first kappa shape index (κ1) is 26.0. The topological polar surface area (TPSA) is 74.7 Å². The summed E-state index contributed by atoms with van der Waals surface area (Å²) in [6, 6.07) is 15.9. The van der Waals surface area contributed by atoms with Gasteiger partial charge < -0.3 is 14.4 Å². The van der Waals surface area contributed by atoms with E-state index < -0.39 is 0 Å². The Labute approximate surface area is 224 Å². The van der Waals surface area contributed by atoms with Crippen molar-refractivity contribution in [3.63, 3.8) is 0 Å². The highest BCUT2D eigenvalue weighted by atomic mass is 16.5. The predicted molar refractivity (Wildman–Crippen MR) is 147 cm³/mol. The summed E-state index contributed by atoms with van der Waals surface area (Å²) < 4.78 is 10.7. The molecule has 2 atom stereocenters. The molecule has 0 N–H and O–H groups in total. The lowest BCUT2D eigenvalue weighted by Gasteiger charge is -2.35. The fourth-order valence-corrected chi connectivity index (χ4v) is 5.73. The number of nitrogens with zero attached hydrogens (tertiary/aromatic N) is 4. The molecule has 3 aliphatic rings. The van der Waals surface area contributed by atoms with Gasteiger partial charge in [-0.3, -0.25) is 14.5 Å². The van der Waals surface area contributed by atoms with E-state index in [0.717, 1.165) is 47.6 Å². The number of hydrogen-bond acceptors (Lipinski definition) is 6. The van der Waals surface area contributed by atoms with Crippen LogP contribution in [0.3, 0.4) is 0 Å². The third-order valence-electron chi connectivity index (χ3n) is 7.85. The van der Waals surface area contributed by atoms with E-state index in [0.29, 0.717) is 32.7 Å². The van der Waals surface area contributed by atoms with E-state index in [2.05, 4.69) is 35.2 Å². The van der Waals surface area contributed by atoms with Gasteiger partial charge in [0.25, 0.3) is 5.91 Å². The maximum Gasteiger partial charge on any atom is 0.257 e. The van der Waals surface area contributed by atoms with Gasteiger partial charge in [-0.25, -0.2) is 5.01 Å². The number of hydrazone groups is 1. The molecule has 2 aliphatic heterocycles. The standard InChI is InChI=1S/C30H36N4O4/c1-21(35)33-17-15-32(16-18-33)20-28(36)34-30(23-9-13-26(38-3)14-10-23)27-6-4-5-24(29(27)31-34)19-22-7-11-25(37-2)12-8-22/h7-14,19,27,30H,4-6,15-18,20H2,1-3H3/b24-19-/t27-,30-/m0/s1. The molecule has 0 aromatic heterocycles. The lowest BCUT2D eigenvalue weighted by atomic mass is 9.77. The highest BCUT2D eigenvalue weighted by molar-refractivity contribution is 6.08. The zero-order valence-corrected chi connectivity index (χ0v) is 22.4. The zero-order chi connectivity index (χ0) is 26.6. The van der Waals surface area contributed by atoms with Gasteiger partial charge in [0.2, 0.25) is 5.91 Å². The van der Waals surface area contributed by atoms with E-state index in [1.165, 1.54) is 5.57 Å². The average molecular weight is 517 g/mol. The number of amides is 2. The molecule has 2 heterocycles. The number of carbonyl (C=O) groups excluding carboxylic acids is 2. The fourth-order valence-electron chi connectivity index (χ4n) is 5.73. The largest absolute Gasteiger partial charge is 0.497 e. The summed E-state index contributed by atoms with van der Waals surface area (Å²) >= 11 is 0. The monoisotopic (exact) mass is 516 g/mol. The quantitative estimate of drug-likeness (QED) is 0.581. The van der Waals surface area contributed by atoms with Crippen LogP contribution in [0, 0.1) is 5.92 Å². The number of benzene rings is 2. The van der Waals surface area contributed by atoms with Gasteiger partial charge in [0.05, 0.1) is 32.5 Å². The number of piperazine rings is 1. The van der Waals surface area contributed by atoms with Crippen LogP contribution in [0.25, 0.3) is 6.08 Å². The number of hydrogen-bond donors (Lipinski definition) is 0. The van der Waals surface area contributed by atoms with Crippen LogP contribution in [-0.4, -0.2) is 79.3 Å². The number of ether oxygens (including phenoxy) is 2. The molecule has 2 aromatic carbocycles. The van der Waals surface area contributed by atoms with Gasteiger partial charge in [0.1, 0.15) is 11.5 Å². The van der Waals surface area contributed by atoms with Crippen molar-refractivity contribution in [2.75, 3.05) is 46.9 Å². The fraction of sp³-hybridized carbons (Fsp3) is 0.433. The number of carbonyl (C=O) groups is 2. The molecule has 0 radical (unpaired) electrons. The normalized spacial score (nSPS) is 22.7. The summed E-state index contributed by atoms with van der Waals surface area (Å²) in [5.74, 6) is 1.83. The van der Waals surface area contributed by atoms with E-state index in [1.54, 1.807) is 26.2 Å². The SMILES string of the molecule is COc1ccc(/C=C2/CCC[C@H]3C2=NN(C(=O)CN2CCN(C(C)=O)CC2)[C@H]3c2ccc(OC)cc2)cc1. The second kappa shape index (κ2) is 11.4. The summed E-state index contributed by atoms with van der Waals surface area (Å²) in [6.07, 6.45) is 5.17. The van der Waals surface area contributed by atoms with Gasteiger partial charge >= 0.3 is 0 Å². The van der Waals surface area contributed by atoms with Crippen molar-refractivity contribution in [3.8, 4) is 11.5 Å². The molecule has 2 amide bonds. The highest BCUT2D eigenvalue weighted by Gasteiger charge is 2.44. The van der Waals surface area contributed by atoms with Crippen LogP contribution < -0.4 is 9.47 Å². The van der Waals surface area contributed by atoms with Crippen molar-refractivity contribution in [1.82, 2.24) is 14.8 Å². The van der Waals surface area contributed by atoms with E-state index in [4.69, 9.17) is 14.6 Å². The summed E-state index contributed by atoms with van der Waals surface area (Å²) in [5.41, 5.74) is 4.37. The van der Waals surface area contributed by atoms with E-state index in [1.807, 2.05) is 29.2 Å². The van der Waals surface area contributed by atoms with Gasteiger partial charge in [-0.1, -0.05) is 24.3 Å². The molecule has 0 unspecified atom stereocenters. The van der Waals surface area contributed by atoms with E-state index in [-0.39, 0.29) is 23.8 Å². The Morgan fingerprint density at radius 1 is 0.947 bits per heavy atom. The minimum absolute atomic E-state index is 0.00668. The second-order valence-electron chi connectivity index (χ2n) is 10.2. The van der Waals surface area contributed by atoms with Crippen LogP contribution in [0.1, 0.15) is 43.4 Å². The van der Waals surface area contributed by atoms with Crippen molar-refractivity contribution in [2.24, 2.45) is 11.0 Å². The summed E-state index contributed by atoms with van der Waals surface area (Å²) in [5, 5.41) is 6.74. The molecule has 1 aliphatic carbocycles. The predicted octanol–water partition coefficient (Wildman–Crippen LogP) is 3.99. The van der Waals surface area contributed by atoms with Gasteiger partial charge in [-0.2, -0.15) is 5.10 Å². The molecule has 1 saturated carbocycles. The Bertz CT molecular complexity index is 1210. The second-order valence-corrected chi connectivity index (χ2v) is 10.2. The van der Waals surface area contributed by atoms with Crippen LogP contribution in [0.2, 0.25) is 0 Å². The molecule has 8 nitrogen and oxygen atoms in total. The summed E-state index contributed by atoms with van der Waals surface area (Å²) in [6.45, 7) is 4.57. The van der Waals surface area contributed by atoms with Crippen LogP contribution in [-0.2, 0) is 9.59 Å². The lowest BCUT2D eigenvalue weighted by Crippen LogP contribution is -2.50. The Kier molecular flexibility index (Phi) is 7.79. The Morgan fingerprint density at radius 2 is 1.58 bits per heavy atom. The van der Waals surface area contributed by atoms with Crippen molar-refractivity contribution in [1.29, 1.82) is 0 Å². The van der Waals surface area contributed by atoms with Crippen LogP contribution in [0.15, 0.2) is 59.2 Å². The molecule has 0 bridgehead atoms. The summed E-state index contributed by atoms with van der Waals surface area (Å²) in [7, 11) is 3.32. The molecule has 200 valence electrons. The zero-order valence-electron chi connectivity index (χ0n) is 22.4. The first-order valence-electron chi connectivity index (χ1n) is 13.3. The number of allylic oxidation sites excluding steroid dienone is 1. The van der Waals surface area contributed by atoms with Gasteiger partial charge in [0.15, 0.2) is 0 Å². The van der Waals surface area contributed by atoms with Crippen LogP contribution in [0.5, 0.6) is 11.5 Å². The molecule has 5 rings (SSSR count). The summed E-state index contributed by atoms with van der Waals surface area (Å²) in [4.78, 5) is 29.4. The Morgan fingerprint density at radius 3 is 2.18 bits per heavy atom. The van der Waals surface area contributed by atoms with Crippen molar-refractivity contribution in [3.05, 3.63) is 65.2 Å². The highest BCUT2D eigenvalue weighted by Crippen LogP contribution is 2.44. The average Bonchev–Trinajstić information content (AvgIpc) is 3.35. The van der Waals surface area contributed by atoms with Crippen LogP contribution in [0.4, 0.5) is 0 Å². The molecule has 8 heteroatoms. The molecular formula is C30H36N4O4. The Hall–Kier alpha value is -3.65. The van der Waals surface area contributed by atoms with Crippen molar-refractivity contribution >= 4 is 23.6 Å². The minimum atomic E-state index is -0.151. The molecule has 0 spiro atoms. The van der Waals surface area contributed by atoms with E-state index in [9.17, 15) is 9.59 Å². The third-order valence-corrected chi connectivity index (χ3v) is 7.85. The van der Waals surface area contributed by atoms with E-state index >= 15 is 0 Å². The molecular weight excluding hydrogens is 480 g/mol. The molecule has 2 aromatic rings. The maximum atomic E-state index is 13.8. The number of fused-ring (bicyclic) bond motifs is 1. The Balaban J connectivity index is 1.42. The first-order chi connectivity index (χ1) is 18.5. The van der Waals surface area contributed by atoms with Gasteiger partial charge in [0, 0.05) is 39.0 Å². The molecule has 1 saturated heterocycles.